The van der Waals surface area contributed by atoms with Crippen molar-refractivity contribution in [3.63, 3.8) is 0 Å². The number of fused-ring (bicyclic) bond motifs is 3. The summed E-state index contributed by atoms with van der Waals surface area (Å²) in [6, 6.07) is 0. The molecule has 2 saturated heterocycles. The van der Waals surface area contributed by atoms with E-state index < -0.39 is 6.29 Å². The van der Waals surface area contributed by atoms with Crippen molar-refractivity contribution < 1.29 is 14.6 Å². The monoisotopic (exact) mass is 142 g/mol. The maximum Gasteiger partial charge on any atom is 0.155 e. The number of hydrogen-bond donors (Lipinski definition) is 1. The summed E-state index contributed by atoms with van der Waals surface area (Å²) in [4.78, 5) is 0. The van der Waals surface area contributed by atoms with E-state index in [1.807, 2.05) is 0 Å². The van der Waals surface area contributed by atoms with Crippen molar-refractivity contribution in [3.8, 4) is 0 Å². The fourth-order valence-electron chi connectivity index (χ4n) is 2.27. The standard InChI is InChI=1S/C7H10O3/c8-6-1-3-4(9-6)2-5-7(3)10-5/h3-8H,1-2H2/t3-,4+,5?,6?,7?/m1/s1. The summed E-state index contributed by atoms with van der Waals surface area (Å²) >= 11 is 0. The Kier molecular flexibility index (Phi) is 0.854. The first-order valence-corrected chi connectivity index (χ1v) is 3.83. The number of hydrogen-bond acceptors (Lipinski definition) is 3. The number of ether oxygens (including phenoxy) is 2. The predicted octanol–water partition coefficient (Wildman–Crippen LogP) is -0.119. The van der Waals surface area contributed by atoms with Crippen LogP contribution in [-0.2, 0) is 9.47 Å². The molecule has 56 valence electrons. The summed E-state index contributed by atoms with van der Waals surface area (Å²) in [6.07, 6.45) is 2.49. The Bertz CT molecular complexity index is 168. The minimum atomic E-state index is -0.514. The highest BCUT2D eigenvalue weighted by molar-refractivity contribution is 5.05. The van der Waals surface area contributed by atoms with Crippen LogP contribution in [0.3, 0.4) is 0 Å². The van der Waals surface area contributed by atoms with Crippen LogP contribution < -0.4 is 0 Å². The van der Waals surface area contributed by atoms with Crippen molar-refractivity contribution in [2.24, 2.45) is 5.92 Å². The van der Waals surface area contributed by atoms with Crippen molar-refractivity contribution in [1.29, 1.82) is 0 Å². The third-order valence-corrected chi connectivity index (χ3v) is 2.79. The Hall–Kier alpha value is -0.120. The molecule has 1 saturated carbocycles. The molecule has 0 radical (unpaired) electrons. The lowest BCUT2D eigenvalue weighted by Gasteiger charge is -2.08. The smallest absolute Gasteiger partial charge is 0.155 e. The van der Waals surface area contributed by atoms with Crippen LogP contribution in [-0.4, -0.2) is 29.7 Å². The molecule has 3 unspecified atom stereocenters. The molecule has 0 bridgehead atoms. The van der Waals surface area contributed by atoms with Gasteiger partial charge < -0.3 is 14.6 Å². The van der Waals surface area contributed by atoms with Crippen LogP contribution in [0.15, 0.2) is 0 Å². The molecule has 3 rings (SSSR count). The molecule has 2 aliphatic heterocycles. The Balaban J connectivity index is 1.82. The van der Waals surface area contributed by atoms with E-state index in [-0.39, 0.29) is 0 Å². The minimum absolute atomic E-state index is 0.304. The SMILES string of the molecule is OC1C[C@H]2C3OC3C[C@@H]2O1. The molecule has 3 fully saturated rings. The van der Waals surface area contributed by atoms with Crippen molar-refractivity contribution in [2.75, 3.05) is 0 Å². The molecule has 0 amide bonds. The molecular formula is C7H10O3. The number of rotatable bonds is 0. The predicted molar refractivity (Wildman–Crippen MR) is 32.3 cm³/mol. The average molecular weight is 142 g/mol. The maximum atomic E-state index is 9.09. The lowest BCUT2D eigenvalue weighted by atomic mass is 10.0. The molecule has 3 nitrogen and oxygen atoms in total. The second kappa shape index (κ2) is 1.55. The quantitative estimate of drug-likeness (QED) is 0.479. The zero-order valence-electron chi connectivity index (χ0n) is 5.56. The summed E-state index contributed by atoms with van der Waals surface area (Å²) < 4.78 is 10.6. The molecule has 0 aromatic carbocycles. The van der Waals surface area contributed by atoms with Gasteiger partial charge in [0.1, 0.15) is 0 Å². The van der Waals surface area contributed by atoms with E-state index in [1.54, 1.807) is 0 Å². The van der Waals surface area contributed by atoms with Crippen LogP contribution in [0.25, 0.3) is 0 Å². The lowest BCUT2D eigenvalue weighted by molar-refractivity contribution is -0.0943. The van der Waals surface area contributed by atoms with Crippen molar-refractivity contribution in [1.82, 2.24) is 0 Å². The number of epoxide rings is 1. The van der Waals surface area contributed by atoms with Gasteiger partial charge in [-0.3, -0.25) is 0 Å². The Morgan fingerprint density at radius 2 is 2.00 bits per heavy atom. The second-order valence-corrected chi connectivity index (χ2v) is 3.40. The van der Waals surface area contributed by atoms with E-state index in [1.165, 1.54) is 0 Å². The fourth-order valence-corrected chi connectivity index (χ4v) is 2.27. The van der Waals surface area contributed by atoms with Crippen LogP contribution in [0.2, 0.25) is 0 Å². The summed E-state index contributed by atoms with van der Waals surface area (Å²) in [5.74, 6) is 0.500. The zero-order valence-corrected chi connectivity index (χ0v) is 5.56. The summed E-state index contributed by atoms with van der Waals surface area (Å²) in [5, 5.41) is 9.09. The largest absolute Gasteiger partial charge is 0.369 e. The topological polar surface area (TPSA) is 42.0 Å². The minimum Gasteiger partial charge on any atom is -0.369 e. The van der Waals surface area contributed by atoms with Crippen LogP contribution in [0.1, 0.15) is 12.8 Å². The Morgan fingerprint density at radius 3 is 2.80 bits per heavy atom. The molecule has 2 heterocycles. The molecule has 3 heteroatoms. The highest BCUT2D eigenvalue weighted by Gasteiger charge is 2.59. The third-order valence-electron chi connectivity index (χ3n) is 2.79. The first-order chi connectivity index (χ1) is 4.84. The highest BCUT2D eigenvalue weighted by Crippen LogP contribution is 2.49. The molecule has 5 atom stereocenters. The van der Waals surface area contributed by atoms with Crippen LogP contribution >= 0.6 is 0 Å². The molecule has 3 aliphatic rings. The van der Waals surface area contributed by atoms with E-state index >= 15 is 0 Å². The van der Waals surface area contributed by atoms with Crippen LogP contribution in [0, 0.1) is 5.92 Å². The van der Waals surface area contributed by atoms with Gasteiger partial charge in [0, 0.05) is 18.8 Å². The summed E-state index contributed by atoms with van der Waals surface area (Å²) in [6.45, 7) is 0. The van der Waals surface area contributed by atoms with Gasteiger partial charge in [-0.2, -0.15) is 0 Å². The summed E-state index contributed by atoms with van der Waals surface area (Å²) in [5.41, 5.74) is 0. The normalized spacial score (nSPS) is 63.9. The highest BCUT2D eigenvalue weighted by atomic mass is 16.6. The van der Waals surface area contributed by atoms with E-state index in [0.717, 1.165) is 12.8 Å². The second-order valence-electron chi connectivity index (χ2n) is 3.40. The van der Waals surface area contributed by atoms with E-state index in [2.05, 4.69) is 0 Å². The first-order valence-electron chi connectivity index (χ1n) is 3.83. The maximum absolute atomic E-state index is 9.09. The van der Waals surface area contributed by atoms with Gasteiger partial charge in [0.25, 0.3) is 0 Å². The molecule has 10 heavy (non-hydrogen) atoms. The molecule has 1 N–H and O–H groups in total. The van der Waals surface area contributed by atoms with Gasteiger partial charge in [-0.25, -0.2) is 0 Å². The molecular weight excluding hydrogens is 132 g/mol. The van der Waals surface area contributed by atoms with Crippen molar-refractivity contribution in [3.05, 3.63) is 0 Å². The van der Waals surface area contributed by atoms with Crippen molar-refractivity contribution >= 4 is 0 Å². The molecule has 1 aliphatic carbocycles. The Labute approximate surface area is 58.9 Å². The van der Waals surface area contributed by atoms with Crippen LogP contribution in [0.4, 0.5) is 0 Å². The fraction of sp³-hybridized carbons (Fsp3) is 1.00. The van der Waals surface area contributed by atoms with Gasteiger partial charge in [-0.1, -0.05) is 0 Å². The molecule has 0 aromatic heterocycles. The summed E-state index contributed by atoms with van der Waals surface area (Å²) in [7, 11) is 0. The van der Waals surface area contributed by atoms with E-state index in [4.69, 9.17) is 14.6 Å². The van der Waals surface area contributed by atoms with Gasteiger partial charge in [0.2, 0.25) is 0 Å². The van der Waals surface area contributed by atoms with Crippen LogP contribution in [0.5, 0.6) is 0 Å². The number of aliphatic hydroxyl groups is 1. The van der Waals surface area contributed by atoms with E-state index in [0.29, 0.717) is 24.2 Å². The Morgan fingerprint density at radius 1 is 1.10 bits per heavy atom. The average Bonchev–Trinajstić information content (AvgIpc) is 2.40. The van der Waals surface area contributed by atoms with Gasteiger partial charge >= 0.3 is 0 Å². The zero-order chi connectivity index (χ0) is 6.72. The lowest BCUT2D eigenvalue weighted by Crippen LogP contribution is -2.14. The van der Waals surface area contributed by atoms with Crippen molar-refractivity contribution in [2.45, 2.75) is 37.4 Å². The first kappa shape index (κ1) is 5.52. The van der Waals surface area contributed by atoms with Gasteiger partial charge in [-0.05, 0) is 0 Å². The van der Waals surface area contributed by atoms with Gasteiger partial charge in [0.05, 0.1) is 18.3 Å². The van der Waals surface area contributed by atoms with Gasteiger partial charge in [-0.15, -0.1) is 0 Å². The number of aliphatic hydroxyl groups excluding tert-OH is 1. The van der Waals surface area contributed by atoms with E-state index in [9.17, 15) is 0 Å². The molecule has 0 aromatic rings. The molecule has 0 spiro atoms. The van der Waals surface area contributed by atoms with Gasteiger partial charge in [0.15, 0.2) is 6.29 Å². The third kappa shape index (κ3) is 0.557.